The minimum atomic E-state index is -0.388. The van der Waals surface area contributed by atoms with Crippen LogP contribution in [0.25, 0.3) is 11.4 Å². The van der Waals surface area contributed by atoms with E-state index in [-0.39, 0.29) is 6.04 Å². The van der Waals surface area contributed by atoms with Gasteiger partial charge in [0.2, 0.25) is 11.7 Å². The highest BCUT2D eigenvalue weighted by Gasteiger charge is 2.15. The molecule has 0 fully saturated rings. The van der Waals surface area contributed by atoms with Gasteiger partial charge in [0.05, 0.1) is 6.61 Å². The first-order valence-corrected chi connectivity index (χ1v) is 7.04. The van der Waals surface area contributed by atoms with Gasteiger partial charge in [-0.1, -0.05) is 12.1 Å². The van der Waals surface area contributed by atoms with Crippen LogP contribution < -0.4 is 5.73 Å². The van der Waals surface area contributed by atoms with Crippen LogP contribution in [0.2, 0.25) is 0 Å². The molecule has 5 nitrogen and oxygen atoms in total. The summed E-state index contributed by atoms with van der Waals surface area (Å²) in [5, 5.41) is 3.94. The fourth-order valence-electron chi connectivity index (χ4n) is 1.62. The van der Waals surface area contributed by atoms with Crippen molar-refractivity contribution in [3.8, 4) is 11.4 Å². The van der Waals surface area contributed by atoms with Crippen LogP contribution in [-0.4, -0.2) is 29.6 Å². The molecule has 2 N–H and O–H groups in total. The number of rotatable bonds is 6. The highest BCUT2D eigenvalue weighted by molar-refractivity contribution is 7.99. The van der Waals surface area contributed by atoms with Crippen LogP contribution in [0.5, 0.6) is 0 Å². The number of nitrogens with two attached hydrogens (primary N) is 1. The number of benzene rings is 1. The predicted octanol–water partition coefficient (Wildman–Crippen LogP) is 2.49. The zero-order valence-electron chi connectivity index (χ0n) is 11.0. The van der Waals surface area contributed by atoms with E-state index in [1.165, 1.54) is 4.90 Å². The van der Waals surface area contributed by atoms with Crippen LogP contribution in [0, 0.1) is 0 Å². The van der Waals surface area contributed by atoms with Gasteiger partial charge in [-0.05, 0) is 30.0 Å². The standard InChI is InChI=1S/C13H17N3O2S/c1-3-19-10-6-4-9(5-7-10)12-15-13(18-16-12)11(14)8-17-2/h4-7,11H,3,8,14H2,1-2H3. The van der Waals surface area contributed by atoms with Gasteiger partial charge in [0, 0.05) is 17.6 Å². The summed E-state index contributed by atoms with van der Waals surface area (Å²) in [6, 6.07) is 7.67. The molecule has 0 bridgehead atoms. The Balaban J connectivity index is 2.13. The van der Waals surface area contributed by atoms with Crippen molar-refractivity contribution in [2.45, 2.75) is 17.9 Å². The molecule has 102 valence electrons. The minimum Gasteiger partial charge on any atom is -0.383 e. The molecule has 1 aromatic carbocycles. The molecule has 2 rings (SSSR count). The van der Waals surface area contributed by atoms with Crippen molar-refractivity contribution in [1.29, 1.82) is 0 Å². The van der Waals surface area contributed by atoms with E-state index in [1.54, 1.807) is 18.9 Å². The van der Waals surface area contributed by atoms with Crippen molar-refractivity contribution < 1.29 is 9.26 Å². The molecule has 0 amide bonds. The summed E-state index contributed by atoms with van der Waals surface area (Å²) in [7, 11) is 1.58. The van der Waals surface area contributed by atoms with Gasteiger partial charge in [-0.15, -0.1) is 11.8 Å². The van der Waals surface area contributed by atoms with Crippen molar-refractivity contribution in [2.24, 2.45) is 5.73 Å². The first-order valence-electron chi connectivity index (χ1n) is 6.06. The first kappa shape index (κ1) is 14.0. The van der Waals surface area contributed by atoms with E-state index in [9.17, 15) is 0 Å². The van der Waals surface area contributed by atoms with Crippen LogP contribution in [0.1, 0.15) is 18.9 Å². The lowest BCUT2D eigenvalue weighted by atomic mass is 10.2. The lowest BCUT2D eigenvalue weighted by Gasteiger charge is -2.03. The smallest absolute Gasteiger partial charge is 0.246 e. The second-order valence-electron chi connectivity index (χ2n) is 3.98. The highest BCUT2D eigenvalue weighted by Crippen LogP contribution is 2.23. The Morgan fingerprint density at radius 2 is 2.11 bits per heavy atom. The molecule has 6 heteroatoms. The van der Waals surface area contributed by atoms with Crippen LogP contribution in [0.15, 0.2) is 33.7 Å². The summed E-state index contributed by atoms with van der Waals surface area (Å²) in [4.78, 5) is 5.51. The molecular weight excluding hydrogens is 262 g/mol. The van der Waals surface area contributed by atoms with E-state index in [2.05, 4.69) is 29.2 Å². The molecule has 0 radical (unpaired) electrons. The first-order chi connectivity index (χ1) is 9.24. The summed E-state index contributed by atoms with van der Waals surface area (Å²) in [6.07, 6.45) is 0. The number of hydrogen-bond donors (Lipinski definition) is 1. The fourth-order valence-corrected chi connectivity index (χ4v) is 2.28. The van der Waals surface area contributed by atoms with Gasteiger partial charge in [0.25, 0.3) is 0 Å². The maximum absolute atomic E-state index is 5.84. The Kier molecular flexibility index (Phi) is 4.95. The van der Waals surface area contributed by atoms with E-state index < -0.39 is 0 Å². The summed E-state index contributed by atoms with van der Waals surface area (Å²) in [5.74, 6) is 2.00. The zero-order valence-corrected chi connectivity index (χ0v) is 11.8. The molecule has 1 unspecified atom stereocenters. The second kappa shape index (κ2) is 6.70. The molecule has 0 aliphatic heterocycles. The van der Waals surface area contributed by atoms with Gasteiger partial charge < -0.3 is 15.0 Å². The van der Waals surface area contributed by atoms with E-state index in [1.807, 2.05) is 12.1 Å². The third-order valence-electron chi connectivity index (χ3n) is 2.53. The zero-order chi connectivity index (χ0) is 13.7. The average molecular weight is 279 g/mol. The lowest BCUT2D eigenvalue weighted by Crippen LogP contribution is -2.16. The molecule has 1 atom stereocenters. The number of hydrogen-bond acceptors (Lipinski definition) is 6. The number of nitrogens with zero attached hydrogens (tertiary/aromatic N) is 2. The SMILES string of the molecule is CCSc1ccc(-c2noc(C(N)COC)n2)cc1. The third-order valence-corrected chi connectivity index (χ3v) is 3.42. The van der Waals surface area contributed by atoms with Crippen LogP contribution >= 0.6 is 11.8 Å². The summed E-state index contributed by atoms with van der Waals surface area (Å²) >= 11 is 1.80. The number of thioether (sulfide) groups is 1. The molecule has 1 heterocycles. The Bertz CT molecular complexity index is 513. The van der Waals surface area contributed by atoms with Gasteiger partial charge in [-0.25, -0.2) is 0 Å². The quantitative estimate of drug-likeness (QED) is 0.819. The lowest BCUT2D eigenvalue weighted by molar-refractivity contribution is 0.166. The number of methoxy groups -OCH3 is 1. The second-order valence-corrected chi connectivity index (χ2v) is 5.31. The molecule has 0 saturated heterocycles. The Labute approximate surface area is 116 Å². The van der Waals surface area contributed by atoms with Crippen molar-refractivity contribution in [3.05, 3.63) is 30.2 Å². The monoisotopic (exact) mass is 279 g/mol. The van der Waals surface area contributed by atoms with Crippen molar-refractivity contribution in [1.82, 2.24) is 10.1 Å². The molecule has 2 aromatic rings. The predicted molar refractivity (Wildman–Crippen MR) is 74.9 cm³/mol. The number of ether oxygens (including phenoxy) is 1. The molecular formula is C13H17N3O2S. The summed E-state index contributed by atoms with van der Waals surface area (Å²) < 4.78 is 10.1. The normalized spacial score (nSPS) is 12.6. The maximum Gasteiger partial charge on any atom is 0.246 e. The van der Waals surface area contributed by atoms with Gasteiger partial charge in [-0.2, -0.15) is 4.98 Å². The molecule has 0 saturated carbocycles. The molecule has 1 aromatic heterocycles. The number of aromatic nitrogens is 2. The van der Waals surface area contributed by atoms with Gasteiger partial charge in [0.15, 0.2) is 0 Å². The third kappa shape index (κ3) is 3.56. The molecule has 0 aliphatic carbocycles. The minimum absolute atomic E-state index is 0.355. The molecule has 0 aliphatic rings. The Morgan fingerprint density at radius 3 is 2.74 bits per heavy atom. The van der Waals surface area contributed by atoms with Gasteiger partial charge in [0.1, 0.15) is 6.04 Å². The van der Waals surface area contributed by atoms with Gasteiger partial charge in [-0.3, -0.25) is 0 Å². The van der Waals surface area contributed by atoms with Crippen LogP contribution in [0.4, 0.5) is 0 Å². The average Bonchev–Trinajstić information content (AvgIpc) is 2.90. The largest absolute Gasteiger partial charge is 0.383 e. The topological polar surface area (TPSA) is 74.2 Å². The van der Waals surface area contributed by atoms with Crippen LogP contribution in [-0.2, 0) is 4.74 Å². The van der Waals surface area contributed by atoms with E-state index in [0.717, 1.165) is 11.3 Å². The molecule has 0 spiro atoms. The Morgan fingerprint density at radius 1 is 1.37 bits per heavy atom. The van der Waals surface area contributed by atoms with E-state index in [0.29, 0.717) is 18.3 Å². The summed E-state index contributed by atoms with van der Waals surface area (Å²) in [5.41, 5.74) is 6.75. The van der Waals surface area contributed by atoms with Gasteiger partial charge >= 0.3 is 0 Å². The maximum atomic E-state index is 5.84. The fraction of sp³-hybridized carbons (Fsp3) is 0.385. The van der Waals surface area contributed by atoms with E-state index in [4.69, 9.17) is 15.0 Å². The highest BCUT2D eigenvalue weighted by atomic mass is 32.2. The van der Waals surface area contributed by atoms with Crippen molar-refractivity contribution in [3.63, 3.8) is 0 Å². The molecule has 19 heavy (non-hydrogen) atoms. The Hall–Kier alpha value is -1.37. The van der Waals surface area contributed by atoms with Crippen molar-refractivity contribution >= 4 is 11.8 Å². The van der Waals surface area contributed by atoms with Crippen molar-refractivity contribution in [2.75, 3.05) is 19.5 Å². The van der Waals surface area contributed by atoms with E-state index >= 15 is 0 Å². The van der Waals surface area contributed by atoms with Crippen LogP contribution in [0.3, 0.4) is 0 Å². The summed E-state index contributed by atoms with van der Waals surface area (Å²) in [6.45, 7) is 2.48.